The fraction of sp³-hybridized carbons (Fsp3) is 0.500. The van der Waals surface area contributed by atoms with E-state index < -0.39 is 5.97 Å². The van der Waals surface area contributed by atoms with Gasteiger partial charge < -0.3 is 4.74 Å². The number of hydrogen-bond donors (Lipinski definition) is 0. The minimum Gasteiger partial charge on any atom is -0.465 e. The highest BCUT2D eigenvalue weighted by atomic mass is 16.5. The van der Waals surface area contributed by atoms with E-state index in [1.54, 1.807) is 0 Å². The topological polar surface area (TPSA) is 43.4 Å². The molecule has 0 rings (SSSR count). The van der Waals surface area contributed by atoms with Gasteiger partial charge in [-0.05, 0) is 13.3 Å². The van der Waals surface area contributed by atoms with E-state index in [2.05, 4.69) is 23.5 Å². The lowest BCUT2D eigenvalue weighted by Gasteiger charge is -1.97. The van der Waals surface area contributed by atoms with Gasteiger partial charge in [0.15, 0.2) is 5.78 Å². The number of carbonyl (C=O) groups is 2. The van der Waals surface area contributed by atoms with Gasteiger partial charge in [0, 0.05) is 12.5 Å². The Labute approximate surface area is 90.5 Å². The van der Waals surface area contributed by atoms with E-state index >= 15 is 0 Å². The Kier molecular flexibility index (Phi) is 7.00. The fourth-order valence-electron chi connectivity index (χ4n) is 0.875. The first-order valence-corrected chi connectivity index (χ1v) is 4.91. The van der Waals surface area contributed by atoms with Crippen LogP contribution in [0.1, 0.15) is 33.1 Å². The zero-order chi connectivity index (χ0) is 11.7. The molecule has 0 bridgehead atoms. The molecular weight excluding hydrogens is 192 g/mol. The highest BCUT2D eigenvalue weighted by Gasteiger charge is 2.13. The molecule has 0 aliphatic carbocycles. The second-order valence-electron chi connectivity index (χ2n) is 3.03. The minimum atomic E-state index is -0.632. The monoisotopic (exact) mass is 208 g/mol. The van der Waals surface area contributed by atoms with Crippen LogP contribution in [0.5, 0.6) is 0 Å². The third kappa shape index (κ3) is 5.69. The van der Waals surface area contributed by atoms with Gasteiger partial charge in [0.25, 0.3) is 0 Å². The molecule has 0 atom stereocenters. The zero-order valence-corrected chi connectivity index (χ0v) is 9.42. The SMILES string of the molecule is CCCCC#C/C=C(\C(C)=O)C(=O)OC. The van der Waals surface area contributed by atoms with Crippen LogP contribution in [0.15, 0.2) is 11.6 Å². The third-order valence-electron chi connectivity index (χ3n) is 1.76. The summed E-state index contributed by atoms with van der Waals surface area (Å²) in [4.78, 5) is 22.1. The van der Waals surface area contributed by atoms with Crippen LogP contribution < -0.4 is 0 Å². The number of carbonyl (C=O) groups excluding carboxylic acids is 2. The molecule has 0 unspecified atom stereocenters. The number of rotatable bonds is 4. The van der Waals surface area contributed by atoms with Crippen LogP contribution in [-0.2, 0) is 14.3 Å². The predicted molar refractivity (Wildman–Crippen MR) is 58.1 cm³/mol. The molecule has 0 amide bonds. The van der Waals surface area contributed by atoms with Crippen LogP contribution in [0.2, 0.25) is 0 Å². The first kappa shape index (κ1) is 13.4. The van der Waals surface area contributed by atoms with Gasteiger partial charge >= 0.3 is 5.97 Å². The molecule has 0 spiro atoms. The number of hydrogen-bond acceptors (Lipinski definition) is 3. The largest absolute Gasteiger partial charge is 0.465 e. The van der Waals surface area contributed by atoms with Crippen molar-refractivity contribution in [3.8, 4) is 11.8 Å². The average molecular weight is 208 g/mol. The molecule has 0 fully saturated rings. The summed E-state index contributed by atoms with van der Waals surface area (Å²) in [6, 6.07) is 0. The molecule has 0 saturated heterocycles. The maximum atomic E-state index is 11.1. The fourth-order valence-corrected chi connectivity index (χ4v) is 0.875. The second kappa shape index (κ2) is 7.81. The summed E-state index contributed by atoms with van der Waals surface area (Å²) in [7, 11) is 1.24. The quantitative estimate of drug-likeness (QED) is 0.177. The Balaban J connectivity index is 4.47. The van der Waals surface area contributed by atoms with Gasteiger partial charge in [-0.15, -0.1) is 0 Å². The first-order chi connectivity index (χ1) is 7.13. The van der Waals surface area contributed by atoms with E-state index in [0.717, 1.165) is 19.3 Å². The number of Topliss-reactive ketones (excluding diaryl/α,β-unsaturated/α-hetero) is 1. The number of methoxy groups -OCH3 is 1. The van der Waals surface area contributed by atoms with Crippen LogP contribution in [0.25, 0.3) is 0 Å². The van der Waals surface area contributed by atoms with Crippen molar-refractivity contribution in [1.29, 1.82) is 0 Å². The Hall–Kier alpha value is -1.56. The van der Waals surface area contributed by atoms with Crippen molar-refractivity contribution in [2.75, 3.05) is 7.11 Å². The van der Waals surface area contributed by atoms with Gasteiger partial charge in [0.05, 0.1) is 7.11 Å². The Bertz CT molecular complexity index is 315. The van der Waals surface area contributed by atoms with Gasteiger partial charge in [0.1, 0.15) is 5.57 Å². The van der Waals surface area contributed by atoms with Gasteiger partial charge in [-0.2, -0.15) is 0 Å². The van der Waals surface area contributed by atoms with Crippen LogP contribution >= 0.6 is 0 Å². The lowest BCUT2D eigenvalue weighted by Crippen LogP contribution is -2.11. The van der Waals surface area contributed by atoms with Crippen molar-refractivity contribution in [2.24, 2.45) is 0 Å². The number of allylic oxidation sites excluding steroid dienone is 1. The minimum absolute atomic E-state index is 0.00139. The summed E-state index contributed by atoms with van der Waals surface area (Å²) in [5.74, 6) is 4.59. The van der Waals surface area contributed by atoms with Gasteiger partial charge in [-0.1, -0.05) is 25.2 Å². The smallest absolute Gasteiger partial charge is 0.342 e. The van der Waals surface area contributed by atoms with E-state index in [-0.39, 0.29) is 11.4 Å². The van der Waals surface area contributed by atoms with Crippen molar-refractivity contribution in [3.63, 3.8) is 0 Å². The Morgan fingerprint density at radius 2 is 2.07 bits per heavy atom. The maximum Gasteiger partial charge on any atom is 0.342 e. The summed E-state index contributed by atoms with van der Waals surface area (Å²) < 4.78 is 4.46. The normalized spacial score (nSPS) is 10.2. The second-order valence-corrected chi connectivity index (χ2v) is 3.03. The summed E-state index contributed by atoms with van der Waals surface area (Å²) in [5, 5.41) is 0. The number of unbranched alkanes of at least 4 members (excludes halogenated alkanes) is 2. The summed E-state index contributed by atoms with van der Waals surface area (Å²) in [6.45, 7) is 3.39. The Morgan fingerprint density at radius 1 is 1.40 bits per heavy atom. The maximum absolute atomic E-state index is 11.1. The lowest BCUT2D eigenvalue weighted by molar-refractivity contribution is -0.137. The molecular formula is C12H16O3. The van der Waals surface area contributed by atoms with E-state index in [4.69, 9.17) is 0 Å². The van der Waals surface area contributed by atoms with Gasteiger partial charge in [0.2, 0.25) is 0 Å². The Morgan fingerprint density at radius 3 is 2.53 bits per heavy atom. The molecule has 0 saturated carbocycles. The summed E-state index contributed by atoms with van der Waals surface area (Å²) in [5.41, 5.74) is 0.00139. The molecule has 3 heteroatoms. The van der Waals surface area contributed by atoms with Crippen molar-refractivity contribution >= 4 is 11.8 Å². The highest BCUT2D eigenvalue weighted by Crippen LogP contribution is 1.98. The molecule has 0 aromatic carbocycles. The number of ether oxygens (including phenoxy) is 1. The van der Waals surface area contributed by atoms with Crippen LogP contribution in [0.3, 0.4) is 0 Å². The van der Waals surface area contributed by atoms with E-state index in [1.165, 1.54) is 20.1 Å². The molecule has 82 valence electrons. The number of esters is 1. The van der Waals surface area contributed by atoms with E-state index in [0.29, 0.717) is 0 Å². The summed E-state index contributed by atoms with van der Waals surface area (Å²) >= 11 is 0. The number of ketones is 1. The molecule has 0 aliphatic heterocycles. The molecule has 0 aromatic rings. The molecule has 3 nitrogen and oxygen atoms in total. The van der Waals surface area contributed by atoms with Crippen molar-refractivity contribution < 1.29 is 14.3 Å². The van der Waals surface area contributed by atoms with Crippen molar-refractivity contribution in [1.82, 2.24) is 0 Å². The predicted octanol–water partition coefficient (Wildman–Crippen LogP) is 1.87. The molecule has 0 heterocycles. The third-order valence-corrected chi connectivity index (χ3v) is 1.76. The van der Waals surface area contributed by atoms with Crippen LogP contribution in [0, 0.1) is 11.8 Å². The van der Waals surface area contributed by atoms with Gasteiger partial charge in [-0.3, -0.25) is 4.79 Å². The highest BCUT2D eigenvalue weighted by molar-refractivity contribution is 6.16. The van der Waals surface area contributed by atoms with Gasteiger partial charge in [-0.25, -0.2) is 4.79 Å². The molecule has 0 aliphatic rings. The molecule has 15 heavy (non-hydrogen) atoms. The van der Waals surface area contributed by atoms with Crippen molar-refractivity contribution in [3.05, 3.63) is 11.6 Å². The standard InChI is InChI=1S/C12H16O3/c1-4-5-6-7-8-9-11(10(2)13)12(14)15-3/h9H,4-6H2,1-3H3/b11-9+. The van der Waals surface area contributed by atoms with Crippen LogP contribution in [0.4, 0.5) is 0 Å². The summed E-state index contributed by atoms with van der Waals surface area (Å²) in [6.07, 6.45) is 4.20. The van der Waals surface area contributed by atoms with E-state index in [1.807, 2.05) is 0 Å². The molecule has 0 aromatic heterocycles. The molecule has 0 radical (unpaired) electrons. The first-order valence-electron chi connectivity index (χ1n) is 4.91. The zero-order valence-electron chi connectivity index (χ0n) is 9.42. The molecule has 0 N–H and O–H groups in total. The van der Waals surface area contributed by atoms with Crippen molar-refractivity contribution in [2.45, 2.75) is 33.1 Å². The van der Waals surface area contributed by atoms with Crippen LogP contribution in [-0.4, -0.2) is 18.9 Å². The average Bonchev–Trinajstić information content (AvgIpc) is 2.22. The lowest BCUT2D eigenvalue weighted by atomic mass is 10.2. The van der Waals surface area contributed by atoms with E-state index in [9.17, 15) is 9.59 Å².